The summed E-state index contributed by atoms with van der Waals surface area (Å²) in [5, 5.41) is 3.24. The number of hydrogen-bond acceptors (Lipinski definition) is 2. The lowest BCUT2D eigenvalue weighted by Crippen LogP contribution is -2.50. The maximum absolute atomic E-state index is 12.3. The highest BCUT2D eigenvalue weighted by atomic mass is 35.5. The van der Waals surface area contributed by atoms with Gasteiger partial charge in [-0.25, -0.2) is 0 Å². The normalized spacial score (nSPS) is 18.8. The quantitative estimate of drug-likeness (QED) is 0.796. The zero-order valence-corrected chi connectivity index (χ0v) is 12.3. The molecule has 2 unspecified atom stereocenters. The van der Waals surface area contributed by atoms with Crippen LogP contribution in [0.4, 0.5) is 0 Å². The van der Waals surface area contributed by atoms with E-state index in [4.69, 9.17) is 0 Å². The first-order chi connectivity index (χ1) is 7.60. The summed E-state index contributed by atoms with van der Waals surface area (Å²) in [6, 6.07) is 0. The lowest BCUT2D eigenvalue weighted by molar-refractivity contribution is -0.137. The van der Waals surface area contributed by atoms with E-state index >= 15 is 0 Å². The third kappa shape index (κ3) is 4.47. The summed E-state index contributed by atoms with van der Waals surface area (Å²) < 4.78 is 0. The zero-order valence-electron chi connectivity index (χ0n) is 11.5. The third-order valence-electron chi connectivity index (χ3n) is 3.83. The van der Waals surface area contributed by atoms with Crippen LogP contribution < -0.4 is 5.32 Å². The van der Waals surface area contributed by atoms with E-state index in [2.05, 4.69) is 33.0 Å². The van der Waals surface area contributed by atoms with Crippen molar-refractivity contribution < 1.29 is 4.79 Å². The highest BCUT2D eigenvalue weighted by Crippen LogP contribution is 2.19. The predicted octanol–water partition coefficient (Wildman–Crippen LogP) is 2.16. The Balaban J connectivity index is 0.00000256. The van der Waals surface area contributed by atoms with Crippen LogP contribution in [0.2, 0.25) is 0 Å². The van der Waals surface area contributed by atoms with Gasteiger partial charge in [-0.15, -0.1) is 12.4 Å². The van der Waals surface area contributed by atoms with Crippen molar-refractivity contribution >= 4 is 18.3 Å². The fraction of sp³-hybridized carbons (Fsp3) is 0.923. The Hall–Kier alpha value is -0.280. The lowest BCUT2D eigenvalue weighted by atomic mass is 9.87. The van der Waals surface area contributed by atoms with Gasteiger partial charge in [0.2, 0.25) is 5.91 Å². The Kier molecular flexibility index (Phi) is 7.80. The molecular weight excluding hydrogens is 236 g/mol. The minimum atomic E-state index is 0. The van der Waals surface area contributed by atoms with Crippen molar-refractivity contribution in [3.63, 3.8) is 0 Å². The summed E-state index contributed by atoms with van der Waals surface area (Å²) >= 11 is 0. The molecule has 2 atom stereocenters. The third-order valence-corrected chi connectivity index (χ3v) is 3.83. The maximum atomic E-state index is 12.3. The number of carbonyl (C=O) groups excluding carboxylic acids is 1. The van der Waals surface area contributed by atoms with E-state index in [-0.39, 0.29) is 18.3 Å². The average Bonchev–Trinajstić information content (AvgIpc) is 2.21. The van der Waals surface area contributed by atoms with Crippen molar-refractivity contribution in [3.8, 4) is 0 Å². The van der Waals surface area contributed by atoms with Crippen LogP contribution in [0.5, 0.6) is 0 Å². The van der Waals surface area contributed by atoms with Crippen molar-refractivity contribution in [3.05, 3.63) is 0 Å². The Labute approximate surface area is 112 Å². The van der Waals surface area contributed by atoms with E-state index < -0.39 is 0 Å². The van der Waals surface area contributed by atoms with Crippen molar-refractivity contribution in [1.29, 1.82) is 0 Å². The molecule has 1 N–H and O–H groups in total. The molecule has 1 heterocycles. The predicted molar refractivity (Wildman–Crippen MR) is 74.5 cm³/mol. The van der Waals surface area contributed by atoms with Gasteiger partial charge in [0.15, 0.2) is 0 Å². The second-order valence-corrected chi connectivity index (χ2v) is 5.10. The van der Waals surface area contributed by atoms with Crippen LogP contribution in [0, 0.1) is 17.8 Å². The molecule has 0 aromatic heterocycles. The van der Waals surface area contributed by atoms with Gasteiger partial charge in [0, 0.05) is 19.0 Å². The Morgan fingerprint density at radius 2 is 1.94 bits per heavy atom. The molecule has 17 heavy (non-hydrogen) atoms. The van der Waals surface area contributed by atoms with Gasteiger partial charge in [-0.2, -0.15) is 0 Å². The first kappa shape index (κ1) is 16.7. The highest BCUT2D eigenvalue weighted by Gasteiger charge is 2.31. The lowest BCUT2D eigenvalue weighted by Gasteiger charge is -2.35. The molecule has 0 spiro atoms. The fourth-order valence-electron chi connectivity index (χ4n) is 2.03. The molecule has 1 rings (SSSR count). The molecule has 1 amide bonds. The first-order valence-electron chi connectivity index (χ1n) is 6.59. The average molecular weight is 263 g/mol. The number of rotatable bonds is 6. The largest absolute Gasteiger partial charge is 0.342 e. The van der Waals surface area contributed by atoms with Gasteiger partial charge >= 0.3 is 0 Å². The molecular formula is C13H27ClN2O. The van der Waals surface area contributed by atoms with Crippen LogP contribution in [0.1, 0.15) is 34.1 Å². The Bertz CT molecular complexity index is 231. The molecule has 0 bridgehead atoms. The van der Waals surface area contributed by atoms with E-state index in [0.29, 0.717) is 17.7 Å². The number of carbonyl (C=O) groups is 1. The number of nitrogens with zero attached hydrogens (tertiary/aromatic N) is 1. The first-order valence-corrected chi connectivity index (χ1v) is 6.59. The molecule has 102 valence electrons. The van der Waals surface area contributed by atoms with Gasteiger partial charge in [0.05, 0.1) is 0 Å². The van der Waals surface area contributed by atoms with E-state index in [9.17, 15) is 4.79 Å². The standard InChI is InChI=1S/C13H26N2O.ClH/c1-5-10(3)9-15(6-2)13(16)11(4)12-7-14-8-12;/h10-12,14H,5-9H2,1-4H3;1H. The van der Waals surface area contributed by atoms with Gasteiger partial charge in [0.1, 0.15) is 0 Å². The molecule has 1 fully saturated rings. The van der Waals surface area contributed by atoms with Crippen molar-refractivity contribution in [1.82, 2.24) is 10.2 Å². The van der Waals surface area contributed by atoms with Crippen molar-refractivity contribution in [2.24, 2.45) is 17.8 Å². The molecule has 0 saturated carbocycles. The maximum Gasteiger partial charge on any atom is 0.225 e. The van der Waals surface area contributed by atoms with Gasteiger partial charge < -0.3 is 10.2 Å². The monoisotopic (exact) mass is 262 g/mol. The fourth-order valence-corrected chi connectivity index (χ4v) is 2.03. The van der Waals surface area contributed by atoms with E-state index in [1.54, 1.807) is 0 Å². The van der Waals surface area contributed by atoms with Gasteiger partial charge in [0.25, 0.3) is 0 Å². The molecule has 0 aliphatic carbocycles. The minimum absolute atomic E-state index is 0. The number of hydrogen-bond donors (Lipinski definition) is 1. The molecule has 4 heteroatoms. The van der Waals surface area contributed by atoms with Crippen LogP contribution in [-0.2, 0) is 4.79 Å². The smallest absolute Gasteiger partial charge is 0.225 e. The number of halogens is 1. The van der Waals surface area contributed by atoms with Crippen molar-refractivity contribution in [2.75, 3.05) is 26.2 Å². The second kappa shape index (κ2) is 7.93. The van der Waals surface area contributed by atoms with Crippen LogP contribution in [0.3, 0.4) is 0 Å². The second-order valence-electron chi connectivity index (χ2n) is 5.10. The summed E-state index contributed by atoms with van der Waals surface area (Å²) in [5.74, 6) is 1.69. The zero-order chi connectivity index (χ0) is 12.1. The van der Waals surface area contributed by atoms with Crippen LogP contribution in [0.25, 0.3) is 0 Å². The van der Waals surface area contributed by atoms with Gasteiger partial charge in [-0.05, 0) is 31.8 Å². The Morgan fingerprint density at radius 1 is 1.35 bits per heavy atom. The van der Waals surface area contributed by atoms with E-state index in [1.165, 1.54) is 0 Å². The van der Waals surface area contributed by atoms with Crippen LogP contribution in [0.15, 0.2) is 0 Å². The summed E-state index contributed by atoms with van der Waals surface area (Å²) in [5.41, 5.74) is 0. The molecule has 0 aromatic rings. The highest BCUT2D eigenvalue weighted by molar-refractivity contribution is 5.85. The Morgan fingerprint density at radius 3 is 2.29 bits per heavy atom. The van der Waals surface area contributed by atoms with Crippen LogP contribution in [-0.4, -0.2) is 37.0 Å². The van der Waals surface area contributed by atoms with Crippen molar-refractivity contribution in [2.45, 2.75) is 34.1 Å². The minimum Gasteiger partial charge on any atom is -0.342 e. The summed E-state index contributed by atoms with van der Waals surface area (Å²) in [6.45, 7) is 12.3. The van der Waals surface area contributed by atoms with Gasteiger partial charge in [-0.1, -0.05) is 27.2 Å². The summed E-state index contributed by atoms with van der Waals surface area (Å²) in [7, 11) is 0. The van der Waals surface area contributed by atoms with Gasteiger partial charge in [-0.3, -0.25) is 4.79 Å². The molecule has 1 aliphatic heterocycles. The SMILES string of the molecule is CCC(C)CN(CC)C(=O)C(C)C1CNC1.Cl. The molecule has 0 radical (unpaired) electrons. The summed E-state index contributed by atoms with van der Waals surface area (Å²) in [4.78, 5) is 14.3. The summed E-state index contributed by atoms with van der Waals surface area (Å²) in [6.07, 6.45) is 1.14. The molecule has 1 saturated heterocycles. The number of amides is 1. The van der Waals surface area contributed by atoms with E-state index in [1.807, 2.05) is 4.90 Å². The molecule has 3 nitrogen and oxygen atoms in total. The topological polar surface area (TPSA) is 32.3 Å². The van der Waals surface area contributed by atoms with E-state index in [0.717, 1.165) is 32.6 Å². The molecule has 1 aliphatic rings. The molecule has 0 aromatic carbocycles. The van der Waals surface area contributed by atoms with Crippen LogP contribution >= 0.6 is 12.4 Å². The number of nitrogens with one attached hydrogen (secondary N) is 1.